The van der Waals surface area contributed by atoms with Crippen LogP contribution in [-0.2, 0) is 6.54 Å². The lowest BCUT2D eigenvalue weighted by Gasteiger charge is -2.08. The Balaban J connectivity index is 2.20. The molecule has 0 saturated carbocycles. The van der Waals surface area contributed by atoms with Crippen molar-refractivity contribution in [1.29, 1.82) is 0 Å². The van der Waals surface area contributed by atoms with Gasteiger partial charge in [-0.1, -0.05) is 13.8 Å². The van der Waals surface area contributed by atoms with Crippen LogP contribution in [0.1, 0.15) is 24.3 Å². The fraction of sp³-hybridized carbons (Fsp3) is 0.333. The highest BCUT2D eigenvalue weighted by molar-refractivity contribution is 7.13. The number of hydrogen-bond acceptors (Lipinski definition) is 5. The maximum absolute atomic E-state index is 11.9. The molecule has 2 rings (SSSR count). The average Bonchev–Trinajstić information content (AvgIpc) is 2.84. The zero-order chi connectivity index (χ0) is 13.8. The molecule has 0 fully saturated rings. The van der Waals surface area contributed by atoms with Gasteiger partial charge in [0.1, 0.15) is 5.69 Å². The minimum absolute atomic E-state index is 0.204. The number of thiazole rings is 1. The number of amides is 1. The van der Waals surface area contributed by atoms with Gasteiger partial charge in [0.05, 0.1) is 0 Å². The Morgan fingerprint density at radius 2 is 2.26 bits per heavy atom. The summed E-state index contributed by atoms with van der Waals surface area (Å²) in [7, 11) is 0. The molecule has 0 radical (unpaired) electrons. The third kappa shape index (κ3) is 3.47. The van der Waals surface area contributed by atoms with E-state index < -0.39 is 0 Å². The van der Waals surface area contributed by atoms with Crippen LogP contribution in [0.15, 0.2) is 28.5 Å². The van der Waals surface area contributed by atoms with Crippen LogP contribution in [0.25, 0.3) is 0 Å². The molecular formula is C12H14N4O2S. The molecule has 7 heteroatoms. The van der Waals surface area contributed by atoms with Crippen LogP contribution >= 0.6 is 11.3 Å². The van der Waals surface area contributed by atoms with E-state index in [0.717, 1.165) is 0 Å². The van der Waals surface area contributed by atoms with Gasteiger partial charge < -0.3 is 0 Å². The molecule has 0 aliphatic rings. The number of aromatic nitrogens is 3. The number of rotatable bonds is 4. The first kappa shape index (κ1) is 13.4. The topological polar surface area (TPSA) is 76.9 Å². The van der Waals surface area contributed by atoms with Gasteiger partial charge in [-0.25, -0.2) is 9.67 Å². The average molecular weight is 278 g/mol. The van der Waals surface area contributed by atoms with Crippen molar-refractivity contribution >= 4 is 22.4 Å². The van der Waals surface area contributed by atoms with Crippen molar-refractivity contribution in [3.05, 3.63) is 39.8 Å². The lowest BCUT2D eigenvalue weighted by molar-refractivity contribution is 0.101. The van der Waals surface area contributed by atoms with Gasteiger partial charge in [0.15, 0.2) is 5.13 Å². The second-order valence-electron chi connectivity index (χ2n) is 4.42. The van der Waals surface area contributed by atoms with Gasteiger partial charge in [-0.3, -0.25) is 14.9 Å². The predicted octanol–water partition coefficient (Wildman–Crippen LogP) is 1.61. The fourth-order valence-electron chi connectivity index (χ4n) is 1.49. The molecule has 2 heterocycles. The molecule has 1 N–H and O–H groups in total. The SMILES string of the molecule is CC(C)Cn1nc(C(=O)Nc2nccs2)ccc1=O. The minimum Gasteiger partial charge on any atom is -0.296 e. The van der Waals surface area contributed by atoms with Crippen LogP contribution in [0, 0.1) is 5.92 Å². The van der Waals surface area contributed by atoms with Crippen LogP contribution in [0.4, 0.5) is 5.13 Å². The quantitative estimate of drug-likeness (QED) is 0.921. The van der Waals surface area contributed by atoms with Gasteiger partial charge in [-0.15, -0.1) is 11.3 Å². The molecule has 0 unspecified atom stereocenters. The molecule has 1 amide bonds. The summed E-state index contributed by atoms with van der Waals surface area (Å²) in [5.41, 5.74) is -0.00468. The van der Waals surface area contributed by atoms with Crippen molar-refractivity contribution in [3.63, 3.8) is 0 Å². The van der Waals surface area contributed by atoms with E-state index in [-0.39, 0.29) is 23.1 Å². The van der Waals surface area contributed by atoms with Crippen molar-refractivity contribution in [2.24, 2.45) is 5.92 Å². The molecular weight excluding hydrogens is 264 g/mol. The molecule has 2 aromatic heterocycles. The minimum atomic E-state index is -0.368. The Bertz CT molecular complexity index is 619. The normalized spacial score (nSPS) is 10.7. The van der Waals surface area contributed by atoms with Gasteiger partial charge in [0.2, 0.25) is 0 Å². The highest BCUT2D eigenvalue weighted by Crippen LogP contribution is 2.11. The van der Waals surface area contributed by atoms with Crippen molar-refractivity contribution in [2.45, 2.75) is 20.4 Å². The second-order valence-corrected chi connectivity index (χ2v) is 5.32. The van der Waals surface area contributed by atoms with Gasteiger partial charge in [-0.05, 0) is 12.0 Å². The third-order valence-corrected chi connectivity index (χ3v) is 2.98. The van der Waals surface area contributed by atoms with Crippen molar-refractivity contribution in [3.8, 4) is 0 Å². The molecule has 6 nitrogen and oxygen atoms in total. The van der Waals surface area contributed by atoms with Crippen LogP contribution < -0.4 is 10.9 Å². The zero-order valence-corrected chi connectivity index (χ0v) is 11.5. The number of nitrogens with zero attached hydrogens (tertiary/aromatic N) is 3. The molecule has 19 heavy (non-hydrogen) atoms. The third-order valence-electron chi connectivity index (χ3n) is 2.29. The summed E-state index contributed by atoms with van der Waals surface area (Å²) in [6.45, 7) is 4.45. The first-order valence-electron chi connectivity index (χ1n) is 5.85. The van der Waals surface area contributed by atoms with Crippen LogP contribution in [-0.4, -0.2) is 20.7 Å². The summed E-state index contributed by atoms with van der Waals surface area (Å²) < 4.78 is 1.31. The highest BCUT2D eigenvalue weighted by Gasteiger charge is 2.11. The smallest absolute Gasteiger partial charge is 0.277 e. The summed E-state index contributed by atoms with van der Waals surface area (Å²) >= 11 is 1.32. The van der Waals surface area contributed by atoms with Crippen molar-refractivity contribution in [2.75, 3.05) is 5.32 Å². The van der Waals surface area contributed by atoms with E-state index in [9.17, 15) is 9.59 Å². The molecule has 0 bridgehead atoms. The number of carbonyl (C=O) groups excluding carboxylic acids is 1. The molecule has 0 saturated heterocycles. The van der Waals surface area contributed by atoms with Gasteiger partial charge in [0.25, 0.3) is 11.5 Å². The number of nitrogens with one attached hydrogen (secondary N) is 1. The number of carbonyl (C=O) groups is 1. The molecule has 0 aliphatic carbocycles. The Kier molecular flexibility index (Phi) is 4.06. The first-order valence-corrected chi connectivity index (χ1v) is 6.73. The van der Waals surface area contributed by atoms with Gasteiger partial charge >= 0.3 is 0 Å². The molecule has 0 aliphatic heterocycles. The number of anilines is 1. The summed E-state index contributed by atoms with van der Waals surface area (Å²) in [6.07, 6.45) is 1.60. The largest absolute Gasteiger partial charge is 0.296 e. The van der Waals surface area contributed by atoms with Crippen LogP contribution in [0.5, 0.6) is 0 Å². The molecule has 0 aromatic carbocycles. The lowest BCUT2D eigenvalue weighted by Crippen LogP contribution is -2.27. The highest BCUT2D eigenvalue weighted by atomic mass is 32.1. The summed E-state index contributed by atoms with van der Waals surface area (Å²) in [4.78, 5) is 27.5. The Morgan fingerprint density at radius 1 is 1.47 bits per heavy atom. The van der Waals surface area contributed by atoms with Crippen LogP contribution in [0.2, 0.25) is 0 Å². The summed E-state index contributed by atoms with van der Waals surface area (Å²) in [5.74, 6) is -0.0880. The van der Waals surface area contributed by atoms with E-state index >= 15 is 0 Å². The first-order chi connectivity index (χ1) is 9.06. The standard InChI is InChI=1S/C12H14N4O2S/c1-8(2)7-16-10(17)4-3-9(15-16)11(18)14-12-13-5-6-19-12/h3-6,8H,7H2,1-2H3,(H,13,14,18). The summed E-state index contributed by atoms with van der Waals surface area (Å²) in [5, 5.41) is 8.97. The Labute approximate surface area is 114 Å². The molecule has 2 aromatic rings. The van der Waals surface area contributed by atoms with E-state index in [1.165, 1.54) is 28.2 Å². The fourth-order valence-corrected chi connectivity index (χ4v) is 2.02. The maximum Gasteiger partial charge on any atom is 0.277 e. The van der Waals surface area contributed by atoms with E-state index in [4.69, 9.17) is 0 Å². The summed E-state index contributed by atoms with van der Waals surface area (Å²) in [6, 6.07) is 2.77. The Morgan fingerprint density at radius 3 is 2.89 bits per heavy atom. The monoisotopic (exact) mass is 278 g/mol. The van der Waals surface area contributed by atoms with Crippen molar-refractivity contribution in [1.82, 2.24) is 14.8 Å². The maximum atomic E-state index is 11.9. The van der Waals surface area contributed by atoms with E-state index in [2.05, 4.69) is 15.4 Å². The van der Waals surface area contributed by atoms with E-state index in [1.807, 2.05) is 13.8 Å². The molecule has 100 valence electrons. The predicted molar refractivity (Wildman–Crippen MR) is 73.4 cm³/mol. The Hall–Kier alpha value is -2.02. The molecule has 0 spiro atoms. The zero-order valence-electron chi connectivity index (χ0n) is 10.7. The van der Waals surface area contributed by atoms with Gasteiger partial charge in [-0.2, -0.15) is 5.10 Å². The second kappa shape index (κ2) is 5.75. The van der Waals surface area contributed by atoms with Crippen molar-refractivity contribution < 1.29 is 4.79 Å². The van der Waals surface area contributed by atoms with E-state index in [1.54, 1.807) is 11.6 Å². The van der Waals surface area contributed by atoms with Gasteiger partial charge in [0, 0.05) is 24.2 Å². The van der Waals surface area contributed by atoms with Crippen LogP contribution in [0.3, 0.4) is 0 Å². The lowest BCUT2D eigenvalue weighted by atomic mass is 10.2. The van der Waals surface area contributed by atoms with E-state index in [0.29, 0.717) is 11.7 Å². The number of hydrogen-bond donors (Lipinski definition) is 1. The molecule has 0 atom stereocenters.